The molecule has 6 nitrogen and oxygen atoms in total. The van der Waals surface area contributed by atoms with Crippen molar-refractivity contribution in [2.24, 2.45) is 0 Å². The number of para-hydroxylation sites is 2. The van der Waals surface area contributed by atoms with E-state index < -0.39 is 0 Å². The van der Waals surface area contributed by atoms with Gasteiger partial charge in [0.1, 0.15) is 10.4 Å². The lowest BCUT2D eigenvalue weighted by atomic mass is 10.2. The minimum absolute atomic E-state index is 0.0104. The van der Waals surface area contributed by atoms with E-state index in [0.717, 1.165) is 6.42 Å². The van der Waals surface area contributed by atoms with Crippen molar-refractivity contribution in [3.63, 3.8) is 0 Å². The molecule has 0 saturated heterocycles. The number of hydrogen-bond acceptors (Lipinski definition) is 6. The topological polar surface area (TPSA) is 73.2 Å². The molecule has 1 amide bonds. The van der Waals surface area contributed by atoms with Crippen LogP contribution in [0.15, 0.2) is 45.7 Å². The molecule has 0 spiro atoms. The first-order valence-corrected chi connectivity index (χ1v) is 10.5. The predicted octanol–water partition coefficient (Wildman–Crippen LogP) is 4.17. The van der Waals surface area contributed by atoms with Crippen LogP contribution in [0.3, 0.4) is 0 Å². The molecule has 0 radical (unpaired) electrons. The second kappa shape index (κ2) is 8.58. The van der Waals surface area contributed by atoms with Crippen LogP contribution in [0.2, 0.25) is 0 Å². The third kappa shape index (κ3) is 4.17. The van der Waals surface area contributed by atoms with E-state index in [0.29, 0.717) is 26.8 Å². The minimum atomic E-state index is -0.181. The molecule has 0 fully saturated rings. The smallest absolute Gasteiger partial charge is 0.272 e. The van der Waals surface area contributed by atoms with Gasteiger partial charge in [-0.25, -0.2) is 4.98 Å². The lowest BCUT2D eigenvalue weighted by Gasteiger charge is -2.17. The van der Waals surface area contributed by atoms with Gasteiger partial charge in [0, 0.05) is 6.04 Å². The van der Waals surface area contributed by atoms with Gasteiger partial charge in [0.05, 0.1) is 24.1 Å². The molecule has 0 saturated carbocycles. The number of carbonyl (C=O) groups excluding carboxylic acids is 1. The summed E-state index contributed by atoms with van der Waals surface area (Å²) in [5.74, 6) is 0.571. The summed E-state index contributed by atoms with van der Waals surface area (Å²) in [6.07, 6.45) is 0.805. The van der Waals surface area contributed by atoms with Gasteiger partial charge in [-0.3, -0.25) is 14.2 Å². The molecule has 3 rings (SSSR count). The number of ether oxygens (including phenoxy) is 1. The minimum Gasteiger partial charge on any atom is -0.495 e. The first-order valence-electron chi connectivity index (χ1n) is 8.60. The third-order valence-corrected chi connectivity index (χ3v) is 6.07. The van der Waals surface area contributed by atoms with E-state index >= 15 is 0 Å². The van der Waals surface area contributed by atoms with Gasteiger partial charge >= 0.3 is 0 Å². The number of methoxy groups -OCH3 is 1. The highest BCUT2D eigenvalue weighted by Crippen LogP contribution is 2.26. The van der Waals surface area contributed by atoms with Gasteiger partial charge in [-0.05, 0) is 36.9 Å². The number of anilines is 1. The number of fused-ring (bicyclic) bond motifs is 1. The second-order valence-corrected chi connectivity index (χ2v) is 7.86. The Morgan fingerprint density at radius 3 is 2.89 bits per heavy atom. The third-order valence-electron chi connectivity index (χ3n) is 4.22. The Bertz CT molecular complexity index is 1010. The van der Waals surface area contributed by atoms with Crippen molar-refractivity contribution in [2.75, 3.05) is 18.2 Å². The van der Waals surface area contributed by atoms with E-state index in [1.54, 1.807) is 23.8 Å². The predicted molar refractivity (Wildman–Crippen MR) is 111 cm³/mol. The number of nitrogens with zero attached hydrogens (tertiary/aromatic N) is 2. The normalized spacial score (nSPS) is 12.1. The second-order valence-electron chi connectivity index (χ2n) is 6.00. The van der Waals surface area contributed by atoms with Gasteiger partial charge in [0.2, 0.25) is 5.91 Å². The first-order chi connectivity index (χ1) is 13.0. The van der Waals surface area contributed by atoms with Crippen molar-refractivity contribution in [3.05, 3.63) is 46.1 Å². The standard InChI is InChI=1S/C19H21N3O3S2/c1-4-12(2)22-18(24)17-14(9-10-26-17)21-19(22)27-11-16(23)20-13-7-5-6-8-15(13)25-3/h5-10,12H,4,11H2,1-3H3,(H,20,23). The molecule has 0 aliphatic rings. The van der Waals surface area contributed by atoms with E-state index in [1.165, 1.54) is 23.1 Å². The fourth-order valence-corrected chi connectivity index (χ4v) is 4.30. The van der Waals surface area contributed by atoms with E-state index in [2.05, 4.69) is 10.3 Å². The van der Waals surface area contributed by atoms with Gasteiger partial charge in [0.15, 0.2) is 5.16 Å². The van der Waals surface area contributed by atoms with E-state index in [-0.39, 0.29) is 23.3 Å². The Hall–Kier alpha value is -2.32. The molecule has 1 N–H and O–H groups in total. The lowest BCUT2D eigenvalue weighted by Crippen LogP contribution is -2.26. The molecular weight excluding hydrogens is 382 g/mol. The largest absolute Gasteiger partial charge is 0.495 e. The molecule has 27 heavy (non-hydrogen) atoms. The van der Waals surface area contributed by atoms with Crippen molar-refractivity contribution in [1.82, 2.24) is 9.55 Å². The van der Waals surface area contributed by atoms with Gasteiger partial charge in [-0.1, -0.05) is 30.8 Å². The zero-order chi connectivity index (χ0) is 19.4. The van der Waals surface area contributed by atoms with Crippen molar-refractivity contribution in [2.45, 2.75) is 31.5 Å². The average molecular weight is 404 g/mol. The summed E-state index contributed by atoms with van der Waals surface area (Å²) in [5.41, 5.74) is 1.25. The number of benzene rings is 1. The monoisotopic (exact) mass is 403 g/mol. The van der Waals surface area contributed by atoms with Crippen molar-refractivity contribution < 1.29 is 9.53 Å². The summed E-state index contributed by atoms with van der Waals surface area (Å²) < 4.78 is 7.60. The molecule has 1 aromatic carbocycles. The Morgan fingerprint density at radius 1 is 1.37 bits per heavy atom. The Balaban J connectivity index is 1.82. The van der Waals surface area contributed by atoms with E-state index in [4.69, 9.17) is 4.74 Å². The Morgan fingerprint density at radius 2 is 2.15 bits per heavy atom. The maximum absolute atomic E-state index is 12.8. The van der Waals surface area contributed by atoms with Crippen molar-refractivity contribution in [3.8, 4) is 5.75 Å². The number of rotatable bonds is 7. The van der Waals surface area contributed by atoms with Crippen molar-refractivity contribution in [1.29, 1.82) is 0 Å². The van der Waals surface area contributed by atoms with Crippen LogP contribution in [-0.2, 0) is 4.79 Å². The molecule has 1 atom stereocenters. The van der Waals surface area contributed by atoms with Crippen LogP contribution in [0, 0.1) is 0 Å². The van der Waals surface area contributed by atoms with Crippen LogP contribution in [0.4, 0.5) is 5.69 Å². The van der Waals surface area contributed by atoms with Gasteiger partial charge in [0.25, 0.3) is 5.56 Å². The van der Waals surface area contributed by atoms with Crippen LogP contribution in [0.1, 0.15) is 26.3 Å². The average Bonchev–Trinajstić information content (AvgIpc) is 3.15. The summed E-state index contributed by atoms with van der Waals surface area (Å²) in [5, 5.41) is 5.27. The first kappa shape index (κ1) is 19.4. The number of thioether (sulfide) groups is 1. The molecule has 8 heteroatoms. The molecule has 1 unspecified atom stereocenters. The Labute approximate surface area is 165 Å². The number of nitrogens with one attached hydrogen (secondary N) is 1. The van der Waals surface area contributed by atoms with Crippen LogP contribution in [0.25, 0.3) is 10.2 Å². The summed E-state index contributed by atoms with van der Waals surface area (Å²) in [4.78, 5) is 29.8. The molecule has 0 aliphatic heterocycles. The lowest BCUT2D eigenvalue weighted by molar-refractivity contribution is -0.113. The molecule has 2 aromatic heterocycles. The van der Waals surface area contributed by atoms with Crippen LogP contribution in [-0.4, -0.2) is 28.3 Å². The molecular formula is C19H21N3O3S2. The molecule has 142 valence electrons. The van der Waals surface area contributed by atoms with Crippen LogP contribution in [0.5, 0.6) is 5.75 Å². The summed E-state index contributed by atoms with van der Waals surface area (Å²) in [7, 11) is 1.56. The number of thiophene rings is 1. The van der Waals surface area contributed by atoms with E-state index in [1.807, 2.05) is 37.4 Å². The highest BCUT2D eigenvalue weighted by molar-refractivity contribution is 7.99. The van der Waals surface area contributed by atoms with Gasteiger partial charge < -0.3 is 10.1 Å². The van der Waals surface area contributed by atoms with E-state index in [9.17, 15) is 9.59 Å². The van der Waals surface area contributed by atoms with Gasteiger partial charge in [-0.2, -0.15) is 0 Å². The number of amides is 1. The highest BCUT2D eigenvalue weighted by Gasteiger charge is 2.17. The zero-order valence-corrected chi connectivity index (χ0v) is 17.0. The van der Waals surface area contributed by atoms with Crippen LogP contribution < -0.4 is 15.6 Å². The zero-order valence-electron chi connectivity index (χ0n) is 15.4. The fourth-order valence-electron chi connectivity index (χ4n) is 2.64. The summed E-state index contributed by atoms with van der Waals surface area (Å²) in [6.45, 7) is 4.01. The molecule has 2 heterocycles. The molecule has 0 bridgehead atoms. The SMILES string of the molecule is CCC(C)n1c(SCC(=O)Nc2ccccc2OC)nc2ccsc2c1=O. The summed E-state index contributed by atoms with van der Waals surface area (Å²) >= 11 is 2.66. The van der Waals surface area contributed by atoms with Gasteiger partial charge in [-0.15, -0.1) is 11.3 Å². The highest BCUT2D eigenvalue weighted by atomic mass is 32.2. The summed E-state index contributed by atoms with van der Waals surface area (Å²) in [6, 6.07) is 9.09. The quantitative estimate of drug-likeness (QED) is 0.473. The van der Waals surface area contributed by atoms with Crippen LogP contribution >= 0.6 is 23.1 Å². The number of aromatic nitrogens is 2. The fraction of sp³-hybridized carbons (Fsp3) is 0.316. The number of hydrogen-bond donors (Lipinski definition) is 1. The molecule has 3 aromatic rings. The Kier molecular flexibility index (Phi) is 6.18. The maximum Gasteiger partial charge on any atom is 0.272 e. The maximum atomic E-state index is 12.8. The number of carbonyl (C=O) groups is 1. The van der Waals surface area contributed by atoms with Crippen molar-refractivity contribution >= 4 is 44.9 Å². The molecule has 0 aliphatic carbocycles.